The summed E-state index contributed by atoms with van der Waals surface area (Å²) in [7, 11) is 1.51. The molecule has 0 saturated carbocycles. The molecule has 0 atom stereocenters. The Morgan fingerprint density at radius 2 is 1.86 bits per heavy atom. The van der Waals surface area contributed by atoms with Crippen molar-refractivity contribution in [1.82, 2.24) is 19.5 Å². The second-order valence-electron chi connectivity index (χ2n) is 5.90. The van der Waals surface area contributed by atoms with Crippen LogP contribution in [0.4, 0.5) is 0 Å². The number of nitrogens with one attached hydrogen (secondary N) is 1. The number of carbonyl (C=O) groups excluding carboxylic acids is 1. The van der Waals surface area contributed by atoms with Crippen molar-refractivity contribution in [3.63, 3.8) is 0 Å². The standard InChI is InChI=1S/C19H14BrN5O3/c1-28-13-5-3-2-4-12(13)25-18-15(23-19(25)27)14(16(21)26)22-17(24-18)10-6-8-11(20)9-7-10/h2-9H,1H3,(H2,21,26)(H,23,27). The van der Waals surface area contributed by atoms with E-state index >= 15 is 0 Å². The van der Waals surface area contributed by atoms with Crippen molar-refractivity contribution in [3.05, 3.63) is 69.2 Å². The molecular weight excluding hydrogens is 426 g/mol. The van der Waals surface area contributed by atoms with Crippen molar-refractivity contribution in [1.29, 1.82) is 0 Å². The Labute approximate surface area is 167 Å². The molecule has 0 unspecified atom stereocenters. The highest BCUT2D eigenvalue weighted by atomic mass is 79.9. The molecule has 140 valence electrons. The van der Waals surface area contributed by atoms with E-state index in [1.807, 2.05) is 12.1 Å². The van der Waals surface area contributed by atoms with Gasteiger partial charge in [-0.05, 0) is 24.3 Å². The quantitative estimate of drug-likeness (QED) is 0.506. The Hall–Kier alpha value is -3.46. The van der Waals surface area contributed by atoms with E-state index in [2.05, 4.69) is 30.9 Å². The first kappa shape index (κ1) is 17.9. The van der Waals surface area contributed by atoms with Crippen molar-refractivity contribution in [2.45, 2.75) is 0 Å². The van der Waals surface area contributed by atoms with Gasteiger partial charge < -0.3 is 15.5 Å². The molecule has 28 heavy (non-hydrogen) atoms. The van der Waals surface area contributed by atoms with Gasteiger partial charge in [0.1, 0.15) is 11.3 Å². The molecule has 0 saturated heterocycles. The Kier molecular flexibility index (Phi) is 4.44. The average molecular weight is 440 g/mol. The van der Waals surface area contributed by atoms with E-state index in [1.165, 1.54) is 11.7 Å². The zero-order valence-electron chi connectivity index (χ0n) is 14.6. The van der Waals surface area contributed by atoms with Crippen LogP contribution in [0.3, 0.4) is 0 Å². The lowest BCUT2D eigenvalue weighted by Crippen LogP contribution is -2.16. The molecule has 0 aliphatic heterocycles. The minimum Gasteiger partial charge on any atom is -0.495 e. The van der Waals surface area contributed by atoms with E-state index in [0.29, 0.717) is 17.0 Å². The molecule has 2 heterocycles. The predicted molar refractivity (Wildman–Crippen MR) is 108 cm³/mol. The molecule has 0 aliphatic carbocycles. The predicted octanol–water partition coefficient (Wildman–Crippen LogP) is 2.65. The molecule has 2 aromatic heterocycles. The fourth-order valence-corrected chi connectivity index (χ4v) is 3.19. The molecular formula is C19H14BrN5O3. The highest BCUT2D eigenvalue weighted by Gasteiger charge is 2.21. The van der Waals surface area contributed by atoms with Gasteiger partial charge in [-0.1, -0.05) is 40.2 Å². The summed E-state index contributed by atoms with van der Waals surface area (Å²) < 4.78 is 7.59. The number of carbonyl (C=O) groups is 1. The van der Waals surface area contributed by atoms with Crippen LogP contribution in [0.1, 0.15) is 10.5 Å². The summed E-state index contributed by atoms with van der Waals surface area (Å²) in [6.45, 7) is 0. The number of ether oxygens (including phenoxy) is 1. The van der Waals surface area contributed by atoms with Crippen molar-refractivity contribution >= 4 is 33.0 Å². The van der Waals surface area contributed by atoms with Crippen LogP contribution in [0.2, 0.25) is 0 Å². The van der Waals surface area contributed by atoms with E-state index in [4.69, 9.17) is 10.5 Å². The Balaban J connectivity index is 2.07. The van der Waals surface area contributed by atoms with Crippen LogP contribution in [0, 0.1) is 0 Å². The molecule has 0 aliphatic rings. The lowest BCUT2D eigenvalue weighted by molar-refractivity contribution is 0.0997. The van der Waals surface area contributed by atoms with Crippen LogP contribution in [-0.4, -0.2) is 32.5 Å². The number of fused-ring (bicyclic) bond motifs is 1. The molecule has 3 N–H and O–H groups in total. The maximum absolute atomic E-state index is 12.7. The number of rotatable bonds is 4. The third-order valence-electron chi connectivity index (χ3n) is 4.20. The number of hydrogen-bond donors (Lipinski definition) is 2. The van der Waals surface area contributed by atoms with Crippen molar-refractivity contribution in [2.24, 2.45) is 5.73 Å². The highest BCUT2D eigenvalue weighted by molar-refractivity contribution is 9.10. The lowest BCUT2D eigenvalue weighted by atomic mass is 10.2. The largest absolute Gasteiger partial charge is 0.495 e. The van der Waals surface area contributed by atoms with E-state index in [1.54, 1.807) is 36.4 Å². The number of hydrogen-bond acceptors (Lipinski definition) is 5. The molecule has 8 nitrogen and oxygen atoms in total. The van der Waals surface area contributed by atoms with E-state index in [0.717, 1.165) is 4.47 Å². The van der Waals surface area contributed by atoms with Crippen LogP contribution >= 0.6 is 15.9 Å². The summed E-state index contributed by atoms with van der Waals surface area (Å²) in [5.74, 6) is -0.00874. The van der Waals surface area contributed by atoms with Gasteiger partial charge in [0.2, 0.25) is 0 Å². The van der Waals surface area contributed by atoms with Crippen LogP contribution in [0.25, 0.3) is 28.2 Å². The number of para-hydroxylation sites is 2. The van der Waals surface area contributed by atoms with Gasteiger partial charge in [0.15, 0.2) is 17.2 Å². The summed E-state index contributed by atoms with van der Waals surface area (Å²) in [5, 5.41) is 0. The molecule has 0 radical (unpaired) electrons. The number of imidazole rings is 1. The number of amides is 1. The Bertz CT molecular complexity index is 1260. The third kappa shape index (κ3) is 2.95. The zero-order valence-corrected chi connectivity index (χ0v) is 16.2. The number of aromatic amines is 1. The van der Waals surface area contributed by atoms with Gasteiger partial charge in [-0.15, -0.1) is 0 Å². The SMILES string of the molecule is COc1ccccc1-n1c(=O)[nH]c2c(C(N)=O)nc(-c3ccc(Br)cc3)nc21. The van der Waals surface area contributed by atoms with Crippen LogP contribution in [-0.2, 0) is 0 Å². The molecule has 2 aromatic carbocycles. The molecule has 9 heteroatoms. The van der Waals surface area contributed by atoms with E-state index in [-0.39, 0.29) is 22.7 Å². The van der Waals surface area contributed by atoms with Crippen molar-refractivity contribution in [3.8, 4) is 22.8 Å². The number of methoxy groups -OCH3 is 1. The summed E-state index contributed by atoms with van der Waals surface area (Å²) in [6, 6.07) is 14.3. The molecule has 0 bridgehead atoms. The maximum atomic E-state index is 12.7. The van der Waals surface area contributed by atoms with Crippen LogP contribution in [0.5, 0.6) is 5.75 Å². The number of benzene rings is 2. The number of primary amides is 1. The first-order valence-electron chi connectivity index (χ1n) is 8.21. The van der Waals surface area contributed by atoms with Crippen molar-refractivity contribution in [2.75, 3.05) is 7.11 Å². The number of aromatic nitrogens is 4. The zero-order chi connectivity index (χ0) is 19.8. The van der Waals surface area contributed by atoms with Gasteiger partial charge >= 0.3 is 5.69 Å². The summed E-state index contributed by atoms with van der Waals surface area (Å²) >= 11 is 3.38. The topological polar surface area (TPSA) is 116 Å². The van der Waals surface area contributed by atoms with Crippen LogP contribution in [0.15, 0.2) is 57.8 Å². The third-order valence-corrected chi connectivity index (χ3v) is 4.73. The monoisotopic (exact) mass is 439 g/mol. The fraction of sp³-hybridized carbons (Fsp3) is 0.0526. The second-order valence-corrected chi connectivity index (χ2v) is 6.82. The summed E-state index contributed by atoms with van der Waals surface area (Å²) in [5.41, 5.74) is 6.53. The smallest absolute Gasteiger partial charge is 0.332 e. The molecule has 0 spiro atoms. The number of H-pyrrole nitrogens is 1. The maximum Gasteiger partial charge on any atom is 0.332 e. The minimum absolute atomic E-state index is 0.0614. The second kappa shape index (κ2) is 6.93. The first-order chi connectivity index (χ1) is 13.5. The van der Waals surface area contributed by atoms with Crippen molar-refractivity contribution < 1.29 is 9.53 Å². The van der Waals surface area contributed by atoms with Crippen LogP contribution < -0.4 is 16.2 Å². The Morgan fingerprint density at radius 1 is 1.14 bits per heavy atom. The van der Waals surface area contributed by atoms with Gasteiger partial charge in [0.05, 0.1) is 12.8 Å². The van der Waals surface area contributed by atoms with E-state index < -0.39 is 11.6 Å². The molecule has 4 aromatic rings. The summed E-state index contributed by atoms with van der Waals surface area (Å²) in [6.07, 6.45) is 0. The Morgan fingerprint density at radius 3 is 2.54 bits per heavy atom. The van der Waals surface area contributed by atoms with Gasteiger partial charge in [0.25, 0.3) is 5.91 Å². The lowest BCUT2D eigenvalue weighted by Gasteiger charge is -2.10. The first-order valence-corrected chi connectivity index (χ1v) is 9.01. The molecule has 0 fully saturated rings. The molecule has 1 amide bonds. The normalized spacial score (nSPS) is 10.9. The fourth-order valence-electron chi connectivity index (χ4n) is 2.93. The van der Waals surface area contributed by atoms with Gasteiger partial charge in [0, 0.05) is 10.0 Å². The number of nitrogens with zero attached hydrogens (tertiary/aromatic N) is 3. The minimum atomic E-state index is -0.765. The summed E-state index contributed by atoms with van der Waals surface area (Å²) in [4.78, 5) is 36.1. The number of halogens is 1. The average Bonchev–Trinajstić information content (AvgIpc) is 3.03. The number of nitrogens with two attached hydrogens (primary N) is 1. The van der Waals surface area contributed by atoms with Gasteiger partial charge in [-0.2, -0.15) is 0 Å². The van der Waals surface area contributed by atoms with E-state index in [9.17, 15) is 9.59 Å². The van der Waals surface area contributed by atoms with Gasteiger partial charge in [-0.25, -0.2) is 19.3 Å². The van der Waals surface area contributed by atoms with Gasteiger partial charge in [-0.3, -0.25) is 4.79 Å². The highest BCUT2D eigenvalue weighted by Crippen LogP contribution is 2.26. The molecule has 4 rings (SSSR count).